The first-order valence-electron chi connectivity index (χ1n) is 9.59. The molecule has 0 unspecified atom stereocenters. The fourth-order valence-electron chi connectivity index (χ4n) is 3.57. The van der Waals surface area contributed by atoms with Crippen LogP contribution in [-0.4, -0.2) is 21.9 Å². The second-order valence-electron chi connectivity index (χ2n) is 7.43. The molecule has 5 nitrogen and oxygen atoms in total. The van der Waals surface area contributed by atoms with Gasteiger partial charge < -0.3 is 10.6 Å². The Morgan fingerprint density at radius 3 is 2.39 bits per heavy atom. The highest BCUT2D eigenvalue weighted by molar-refractivity contribution is 9.10. The van der Waals surface area contributed by atoms with Gasteiger partial charge in [0.25, 0.3) is 5.91 Å². The summed E-state index contributed by atoms with van der Waals surface area (Å²) >= 11 is 3.28. The normalized spacial score (nSPS) is 18.4. The van der Waals surface area contributed by atoms with E-state index in [2.05, 4.69) is 31.7 Å². The molecule has 3 aromatic rings. The number of nitrogens with one attached hydrogen (secondary N) is 2. The Labute approximate surface area is 191 Å². The van der Waals surface area contributed by atoms with E-state index in [1.165, 1.54) is 6.07 Å². The van der Waals surface area contributed by atoms with Crippen LogP contribution in [0.5, 0.6) is 0 Å². The lowest BCUT2D eigenvalue weighted by molar-refractivity contribution is -0.173. The van der Waals surface area contributed by atoms with E-state index in [-0.39, 0.29) is 23.6 Å². The highest BCUT2D eigenvalue weighted by atomic mass is 79.9. The molecule has 0 fully saturated rings. The molecular weight excluding hydrogens is 518 g/mol. The minimum atomic E-state index is -4.63. The maximum Gasteiger partial charge on any atom is 0.416 e. The van der Waals surface area contributed by atoms with E-state index in [1.807, 2.05) is 0 Å². The average molecular weight is 533 g/mol. The summed E-state index contributed by atoms with van der Waals surface area (Å²) in [6.07, 6.45) is -9.60. The van der Waals surface area contributed by atoms with Gasteiger partial charge >= 0.3 is 12.4 Å². The molecule has 1 amide bonds. The van der Waals surface area contributed by atoms with Gasteiger partial charge in [-0.15, -0.1) is 0 Å². The van der Waals surface area contributed by atoms with Crippen molar-refractivity contribution in [3.8, 4) is 0 Å². The molecule has 0 saturated carbocycles. The number of amides is 1. The van der Waals surface area contributed by atoms with Crippen molar-refractivity contribution in [1.82, 2.24) is 9.78 Å². The van der Waals surface area contributed by atoms with Gasteiger partial charge in [-0.05, 0) is 35.9 Å². The number of alkyl halides is 6. The molecule has 174 valence electrons. The van der Waals surface area contributed by atoms with E-state index in [9.17, 15) is 31.1 Å². The van der Waals surface area contributed by atoms with Gasteiger partial charge in [-0.3, -0.25) is 4.79 Å². The zero-order valence-corrected chi connectivity index (χ0v) is 18.1. The predicted molar refractivity (Wildman–Crippen MR) is 112 cm³/mol. The minimum Gasteiger partial charge on any atom is -0.363 e. The third kappa shape index (κ3) is 5.00. The van der Waals surface area contributed by atoms with Crippen LogP contribution in [0, 0.1) is 0 Å². The van der Waals surface area contributed by atoms with Crippen molar-refractivity contribution in [2.45, 2.75) is 30.9 Å². The first-order chi connectivity index (χ1) is 15.4. The predicted octanol–water partition coefficient (Wildman–Crippen LogP) is 6.58. The van der Waals surface area contributed by atoms with Gasteiger partial charge in [-0.1, -0.05) is 34.1 Å². The zero-order chi connectivity index (χ0) is 24.0. The summed E-state index contributed by atoms with van der Waals surface area (Å²) in [5, 5.41) is 9.01. The Morgan fingerprint density at radius 1 is 1.06 bits per heavy atom. The van der Waals surface area contributed by atoms with Crippen LogP contribution in [0.15, 0.2) is 59.1 Å². The van der Waals surface area contributed by atoms with E-state index >= 15 is 0 Å². The Kier molecular flexibility index (Phi) is 5.89. The topological polar surface area (TPSA) is 59.0 Å². The van der Waals surface area contributed by atoms with Crippen molar-refractivity contribution in [2.24, 2.45) is 0 Å². The van der Waals surface area contributed by atoms with Crippen molar-refractivity contribution in [1.29, 1.82) is 0 Å². The maximum absolute atomic E-state index is 13.8. The first-order valence-corrected chi connectivity index (χ1v) is 10.4. The molecule has 12 heteroatoms. The van der Waals surface area contributed by atoms with Crippen LogP contribution in [0.1, 0.15) is 40.1 Å². The number of anilines is 2. The first kappa shape index (κ1) is 23.1. The molecule has 1 aliphatic heterocycles. The van der Waals surface area contributed by atoms with E-state index in [1.54, 1.807) is 24.3 Å². The monoisotopic (exact) mass is 532 g/mol. The van der Waals surface area contributed by atoms with Crippen LogP contribution in [0.2, 0.25) is 0 Å². The molecule has 0 radical (unpaired) electrons. The summed E-state index contributed by atoms with van der Waals surface area (Å²) in [5.74, 6) is -0.954. The zero-order valence-electron chi connectivity index (χ0n) is 16.5. The summed E-state index contributed by atoms with van der Waals surface area (Å²) in [7, 11) is 0. The summed E-state index contributed by atoms with van der Waals surface area (Å²) < 4.78 is 81.5. The summed E-state index contributed by atoms with van der Waals surface area (Å²) in [5.41, 5.74) is -0.870. The van der Waals surface area contributed by atoms with Crippen molar-refractivity contribution in [2.75, 3.05) is 10.6 Å². The Bertz CT molecular complexity index is 1170. The van der Waals surface area contributed by atoms with Crippen LogP contribution >= 0.6 is 15.9 Å². The van der Waals surface area contributed by atoms with Crippen LogP contribution in [0.25, 0.3) is 0 Å². The van der Waals surface area contributed by atoms with E-state index in [0.29, 0.717) is 10.2 Å². The third-order valence-electron chi connectivity index (χ3n) is 5.14. The number of carbonyl (C=O) groups is 1. The molecule has 2 aromatic carbocycles. The molecule has 2 heterocycles. The second kappa shape index (κ2) is 8.40. The fourth-order valence-corrected chi connectivity index (χ4v) is 3.83. The van der Waals surface area contributed by atoms with Gasteiger partial charge in [0, 0.05) is 22.6 Å². The number of carbonyl (C=O) groups excluding carboxylic acids is 1. The van der Waals surface area contributed by atoms with Gasteiger partial charge in [0.15, 0.2) is 11.7 Å². The number of halogens is 7. The summed E-state index contributed by atoms with van der Waals surface area (Å²) in [4.78, 5) is 12.6. The smallest absolute Gasteiger partial charge is 0.363 e. The molecule has 2 atom stereocenters. The Balaban J connectivity index is 1.62. The van der Waals surface area contributed by atoms with Crippen molar-refractivity contribution in [3.05, 3.63) is 75.9 Å². The lowest BCUT2D eigenvalue weighted by Gasteiger charge is -2.33. The largest absolute Gasteiger partial charge is 0.416 e. The summed E-state index contributed by atoms with van der Waals surface area (Å²) in [6, 6.07) is 9.17. The van der Waals surface area contributed by atoms with E-state index in [0.717, 1.165) is 28.7 Å². The number of hydrogen-bond donors (Lipinski definition) is 2. The molecule has 1 aromatic heterocycles. The van der Waals surface area contributed by atoms with Crippen LogP contribution < -0.4 is 10.6 Å². The van der Waals surface area contributed by atoms with Gasteiger partial charge in [-0.25, -0.2) is 4.68 Å². The van der Waals surface area contributed by atoms with Crippen molar-refractivity contribution in [3.63, 3.8) is 0 Å². The van der Waals surface area contributed by atoms with Crippen LogP contribution in [0.3, 0.4) is 0 Å². The minimum absolute atomic E-state index is 0.0225. The average Bonchev–Trinajstić information content (AvgIpc) is 3.17. The highest BCUT2D eigenvalue weighted by Crippen LogP contribution is 2.43. The lowest BCUT2D eigenvalue weighted by atomic mass is 9.97. The van der Waals surface area contributed by atoms with Crippen molar-refractivity contribution >= 4 is 33.3 Å². The number of rotatable bonds is 3. The summed E-state index contributed by atoms with van der Waals surface area (Å²) in [6.45, 7) is 0. The number of hydrogen-bond acceptors (Lipinski definition) is 3. The molecule has 0 bridgehead atoms. The number of fused-ring (bicyclic) bond motifs is 1. The third-order valence-corrected chi connectivity index (χ3v) is 5.67. The maximum atomic E-state index is 13.8. The highest BCUT2D eigenvalue weighted by Gasteiger charge is 2.46. The molecule has 33 heavy (non-hydrogen) atoms. The molecule has 0 saturated heterocycles. The molecule has 0 spiro atoms. The number of aromatic nitrogens is 2. The van der Waals surface area contributed by atoms with E-state index in [4.69, 9.17) is 0 Å². The van der Waals surface area contributed by atoms with Gasteiger partial charge in [-0.2, -0.15) is 31.4 Å². The van der Waals surface area contributed by atoms with Crippen LogP contribution in [0.4, 0.5) is 37.8 Å². The molecule has 1 aliphatic rings. The van der Waals surface area contributed by atoms with Crippen LogP contribution in [-0.2, 0) is 6.18 Å². The van der Waals surface area contributed by atoms with Gasteiger partial charge in [0.1, 0.15) is 5.82 Å². The van der Waals surface area contributed by atoms with Gasteiger partial charge in [0.05, 0.1) is 11.6 Å². The second-order valence-corrected chi connectivity index (χ2v) is 8.35. The molecule has 2 N–H and O–H groups in total. The Hall–Kier alpha value is -3.02. The lowest BCUT2D eigenvalue weighted by Crippen LogP contribution is -2.35. The number of benzene rings is 2. The molecule has 0 aliphatic carbocycles. The molecular formula is C21H15BrF6N4O. The molecule has 4 rings (SSSR count). The van der Waals surface area contributed by atoms with Crippen molar-refractivity contribution < 1.29 is 31.1 Å². The Morgan fingerprint density at radius 2 is 1.76 bits per heavy atom. The SMILES string of the molecule is O=C(Nc1cccc(C(F)(F)F)c1)c1cc2n(n1)[C@H](C(F)(F)F)C[C@@H](c1ccc(Br)cc1)N2. The fraction of sp³-hybridized carbons (Fsp3) is 0.238. The van der Waals surface area contributed by atoms with E-state index < -0.39 is 35.9 Å². The number of nitrogens with zero attached hydrogens (tertiary/aromatic N) is 2. The standard InChI is InChI=1S/C21H15BrF6N4O/c22-13-6-4-11(5-7-13)15-9-17(21(26,27)28)32-18(30-15)10-16(31-32)19(33)29-14-3-1-2-12(8-14)20(23,24)25/h1-8,10,15,17,30H,9H2,(H,29,33)/t15-,17-/m0/s1. The quantitative estimate of drug-likeness (QED) is 0.375. The van der Waals surface area contributed by atoms with Gasteiger partial charge in [0.2, 0.25) is 0 Å².